The molecule has 0 amide bonds. The van der Waals surface area contributed by atoms with Gasteiger partial charge in [0, 0.05) is 0 Å². The van der Waals surface area contributed by atoms with Crippen molar-refractivity contribution >= 4 is 26.0 Å². The lowest BCUT2D eigenvalue weighted by Gasteiger charge is -2.09. The summed E-state index contributed by atoms with van der Waals surface area (Å²) in [5, 5.41) is 0. The average Bonchev–Trinajstić information content (AvgIpc) is 2.20. The fourth-order valence-corrected chi connectivity index (χ4v) is 1.66. The number of benzene rings is 1. The third-order valence-corrected chi connectivity index (χ3v) is 2.73. The maximum absolute atomic E-state index is 5.52. The Hall–Kier alpha value is -0.110. The Bertz CT molecular complexity index is 292. The molecule has 0 bridgehead atoms. The van der Waals surface area contributed by atoms with Crippen LogP contribution in [0.2, 0.25) is 0 Å². The average molecular weight is 307 g/mol. The van der Waals surface area contributed by atoms with Gasteiger partial charge in [0.05, 0.1) is 6.61 Å². The summed E-state index contributed by atoms with van der Waals surface area (Å²) in [6.45, 7) is 7.19. The molecule has 4 heteroatoms. The molecule has 0 aliphatic heterocycles. The van der Waals surface area contributed by atoms with Crippen molar-refractivity contribution in [2.75, 3.05) is 6.61 Å². The molecular formula is C12H20BrO2P. The first-order valence-electron chi connectivity index (χ1n) is 5.29. The van der Waals surface area contributed by atoms with Crippen LogP contribution < -0.4 is 4.52 Å². The minimum absolute atomic E-state index is 0. The van der Waals surface area contributed by atoms with Gasteiger partial charge in [-0.05, 0) is 30.9 Å². The Morgan fingerprint density at radius 2 is 1.94 bits per heavy atom. The fourth-order valence-electron chi connectivity index (χ4n) is 1.08. The van der Waals surface area contributed by atoms with Crippen LogP contribution in [-0.2, 0) is 4.52 Å². The van der Waals surface area contributed by atoms with E-state index in [9.17, 15) is 0 Å². The van der Waals surface area contributed by atoms with Gasteiger partial charge in [-0.1, -0.05) is 32.0 Å². The van der Waals surface area contributed by atoms with Crippen LogP contribution in [0.25, 0.3) is 0 Å². The van der Waals surface area contributed by atoms with E-state index in [0.29, 0.717) is 5.92 Å². The van der Waals surface area contributed by atoms with E-state index in [2.05, 4.69) is 13.8 Å². The highest BCUT2D eigenvalue weighted by molar-refractivity contribution is 8.93. The van der Waals surface area contributed by atoms with Crippen LogP contribution >= 0.6 is 26.0 Å². The van der Waals surface area contributed by atoms with Gasteiger partial charge in [-0.2, -0.15) is 0 Å². The predicted molar refractivity (Wildman–Crippen MR) is 75.9 cm³/mol. The van der Waals surface area contributed by atoms with Crippen LogP contribution in [-0.4, -0.2) is 6.61 Å². The van der Waals surface area contributed by atoms with Crippen LogP contribution in [0, 0.1) is 12.8 Å². The maximum atomic E-state index is 5.52. The fraction of sp³-hybridized carbons (Fsp3) is 0.500. The molecule has 2 nitrogen and oxygen atoms in total. The van der Waals surface area contributed by atoms with Gasteiger partial charge in [0.1, 0.15) is 5.75 Å². The number of hydrogen-bond acceptors (Lipinski definition) is 2. The maximum Gasteiger partial charge on any atom is 0.215 e. The molecule has 0 aliphatic rings. The topological polar surface area (TPSA) is 18.5 Å². The quantitative estimate of drug-likeness (QED) is 0.568. The van der Waals surface area contributed by atoms with E-state index in [4.69, 9.17) is 9.05 Å². The zero-order chi connectivity index (χ0) is 11.1. The van der Waals surface area contributed by atoms with E-state index < -0.39 is 0 Å². The van der Waals surface area contributed by atoms with Gasteiger partial charge >= 0.3 is 0 Å². The van der Waals surface area contributed by atoms with Crippen LogP contribution in [0.4, 0.5) is 0 Å². The molecule has 1 rings (SSSR count). The van der Waals surface area contributed by atoms with Crippen molar-refractivity contribution < 1.29 is 9.05 Å². The van der Waals surface area contributed by atoms with Crippen LogP contribution in [0.5, 0.6) is 5.75 Å². The molecule has 0 saturated carbocycles. The normalized spacial score (nSPS) is 10.8. The Labute approximate surface area is 110 Å². The molecule has 0 aliphatic carbocycles. The highest BCUT2D eigenvalue weighted by Gasteiger charge is 1.98. The largest absolute Gasteiger partial charge is 0.449 e. The number of halogens is 1. The number of hydrogen-bond donors (Lipinski definition) is 0. The lowest BCUT2D eigenvalue weighted by molar-refractivity contribution is 0.301. The minimum atomic E-state index is 0. The van der Waals surface area contributed by atoms with Gasteiger partial charge in [-0.25, -0.2) is 0 Å². The summed E-state index contributed by atoms with van der Waals surface area (Å²) in [6, 6.07) is 7.98. The molecule has 1 unspecified atom stereocenters. The van der Waals surface area contributed by atoms with E-state index in [1.54, 1.807) is 0 Å². The molecule has 0 fully saturated rings. The van der Waals surface area contributed by atoms with Crippen molar-refractivity contribution in [3.8, 4) is 5.75 Å². The molecular weight excluding hydrogens is 287 g/mol. The summed E-state index contributed by atoms with van der Waals surface area (Å²) in [7, 11) is 0.106. The predicted octanol–water partition coefficient (Wildman–Crippen LogP) is 4.52. The van der Waals surface area contributed by atoms with Crippen LogP contribution in [0.15, 0.2) is 24.3 Å². The molecule has 92 valence electrons. The molecule has 0 heterocycles. The molecule has 1 atom stereocenters. The molecule has 1 aromatic rings. The molecule has 0 saturated heterocycles. The van der Waals surface area contributed by atoms with E-state index >= 15 is 0 Å². The standard InChI is InChI=1S/C12H19O2P.BrH/c1-10(2)8-9-13-15-14-12-7-5-4-6-11(12)3;/h4-7,10,15H,8-9H2,1-3H3;1H. The van der Waals surface area contributed by atoms with Crippen molar-refractivity contribution in [2.24, 2.45) is 5.92 Å². The van der Waals surface area contributed by atoms with E-state index in [-0.39, 0.29) is 26.0 Å². The second-order valence-corrected chi connectivity index (χ2v) is 4.64. The first kappa shape index (κ1) is 15.9. The van der Waals surface area contributed by atoms with Crippen LogP contribution in [0.1, 0.15) is 25.8 Å². The zero-order valence-electron chi connectivity index (χ0n) is 10.0. The van der Waals surface area contributed by atoms with Crippen molar-refractivity contribution in [3.05, 3.63) is 29.8 Å². The minimum Gasteiger partial charge on any atom is -0.449 e. The van der Waals surface area contributed by atoms with Gasteiger partial charge in [0.15, 0.2) is 0 Å². The Balaban J connectivity index is 0.00000225. The molecule has 16 heavy (non-hydrogen) atoms. The molecule has 1 aromatic carbocycles. The van der Waals surface area contributed by atoms with Crippen molar-refractivity contribution in [2.45, 2.75) is 27.2 Å². The Morgan fingerprint density at radius 1 is 1.25 bits per heavy atom. The van der Waals surface area contributed by atoms with Crippen molar-refractivity contribution in [1.82, 2.24) is 0 Å². The number of para-hydroxylation sites is 1. The Morgan fingerprint density at radius 3 is 2.56 bits per heavy atom. The molecule has 0 aromatic heterocycles. The summed E-state index contributed by atoms with van der Waals surface area (Å²) in [6.07, 6.45) is 1.09. The van der Waals surface area contributed by atoms with Crippen molar-refractivity contribution in [1.29, 1.82) is 0 Å². The first-order valence-corrected chi connectivity index (χ1v) is 6.11. The summed E-state index contributed by atoms with van der Waals surface area (Å²) >= 11 is 0. The third-order valence-electron chi connectivity index (χ3n) is 2.10. The summed E-state index contributed by atoms with van der Waals surface area (Å²) < 4.78 is 10.9. The van der Waals surface area contributed by atoms with Gasteiger partial charge in [0.25, 0.3) is 0 Å². The van der Waals surface area contributed by atoms with E-state index in [0.717, 1.165) is 24.3 Å². The number of rotatable bonds is 6. The van der Waals surface area contributed by atoms with E-state index in [1.807, 2.05) is 31.2 Å². The summed E-state index contributed by atoms with van der Waals surface area (Å²) in [5.74, 6) is 1.61. The first-order chi connectivity index (χ1) is 7.20. The zero-order valence-corrected chi connectivity index (χ0v) is 12.7. The van der Waals surface area contributed by atoms with Gasteiger partial charge in [-0.3, -0.25) is 0 Å². The molecule has 0 radical (unpaired) electrons. The van der Waals surface area contributed by atoms with Crippen LogP contribution in [0.3, 0.4) is 0 Å². The highest BCUT2D eigenvalue weighted by atomic mass is 79.9. The highest BCUT2D eigenvalue weighted by Crippen LogP contribution is 2.25. The van der Waals surface area contributed by atoms with Crippen molar-refractivity contribution in [3.63, 3.8) is 0 Å². The lowest BCUT2D eigenvalue weighted by Crippen LogP contribution is -1.94. The monoisotopic (exact) mass is 306 g/mol. The number of aryl methyl sites for hydroxylation is 1. The molecule has 0 N–H and O–H groups in total. The summed E-state index contributed by atoms with van der Waals surface area (Å²) in [4.78, 5) is 0. The molecule has 0 spiro atoms. The summed E-state index contributed by atoms with van der Waals surface area (Å²) in [5.41, 5.74) is 1.15. The van der Waals surface area contributed by atoms with Gasteiger partial charge in [-0.15, -0.1) is 17.0 Å². The van der Waals surface area contributed by atoms with Gasteiger partial charge in [0.2, 0.25) is 9.03 Å². The lowest BCUT2D eigenvalue weighted by atomic mass is 10.2. The smallest absolute Gasteiger partial charge is 0.215 e. The second kappa shape index (κ2) is 8.98. The third kappa shape index (κ3) is 6.47. The second-order valence-electron chi connectivity index (χ2n) is 3.98. The van der Waals surface area contributed by atoms with Gasteiger partial charge < -0.3 is 9.05 Å². The SMILES string of the molecule is Br.Cc1ccccc1OPOCCC(C)C. The van der Waals surface area contributed by atoms with E-state index in [1.165, 1.54) is 0 Å². The Kier molecular flexibility index (Phi) is 8.91.